The van der Waals surface area contributed by atoms with Crippen LogP contribution in [0.2, 0.25) is 0 Å². The van der Waals surface area contributed by atoms with E-state index in [0.717, 1.165) is 25.7 Å². The van der Waals surface area contributed by atoms with E-state index in [1.54, 1.807) is 11.8 Å². The molecule has 2 unspecified atom stereocenters. The number of aliphatic hydroxyl groups is 1. The largest absolute Gasteiger partial charge is 0.481 e. The van der Waals surface area contributed by atoms with Crippen molar-refractivity contribution in [3.05, 3.63) is 0 Å². The fourth-order valence-corrected chi connectivity index (χ4v) is 3.27. The van der Waals surface area contributed by atoms with E-state index < -0.39 is 11.4 Å². The molecule has 2 aliphatic carbocycles. The maximum absolute atomic E-state index is 12.5. The Hall–Kier alpha value is -1.30. The molecule has 3 N–H and O–H groups in total. The first-order valence-electron chi connectivity index (χ1n) is 7.90. The van der Waals surface area contributed by atoms with Crippen molar-refractivity contribution in [2.45, 2.75) is 64.0 Å². The second-order valence-electron chi connectivity index (χ2n) is 6.47. The summed E-state index contributed by atoms with van der Waals surface area (Å²) in [7, 11) is 0. The lowest BCUT2D eigenvalue weighted by Crippen LogP contribution is -2.55. The van der Waals surface area contributed by atoms with Crippen LogP contribution in [0.25, 0.3) is 0 Å². The van der Waals surface area contributed by atoms with Gasteiger partial charge in [-0.2, -0.15) is 0 Å². The number of carbonyl (C=O) groups is 2. The average molecular weight is 298 g/mol. The zero-order chi connectivity index (χ0) is 15.5. The SMILES string of the molecule is CC1(C(=O)O)CCCC1NC(=O)N(CCCO)C1CCC1. The van der Waals surface area contributed by atoms with E-state index in [-0.39, 0.29) is 24.7 Å². The predicted molar refractivity (Wildman–Crippen MR) is 78.0 cm³/mol. The van der Waals surface area contributed by atoms with Gasteiger partial charge in [-0.1, -0.05) is 6.42 Å². The van der Waals surface area contributed by atoms with Gasteiger partial charge in [-0.15, -0.1) is 0 Å². The third kappa shape index (κ3) is 3.31. The summed E-state index contributed by atoms with van der Waals surface area (Å²) in [5, 5.41) is 21.3. The number of carbonyl (C=O) groups excluding carboxylic acids is 1. The number of nitrogens with zero attached hydrogens (tertiary/aromatic N) is 1. The predicted octanol–water partition coefficient (Wildman–Crippen LogP) is 1.58. The zero-order valence-corrected chi connectivity index (χ0v) is 12.7. The molecule has 2 atom stereocenters. The number of hydrogen-bond acceptors (Lipinski definition) is 3. The van der Waals surface area contributed by atoms with Gasteiger partial charge in [0.2, 0.25) is 0 Å². The molecule has 0 aromatic carbocycles. The smallest absolute Gasteiger partial charge is 0.317 e. The van der Waals surface area contributed by atoms with Crippen molar-refractivity contribution >= 4 is 12.0 Å². The van der Waals surface area contributed by atoms with Crippen LogP contribution in [-0.2, 0) is 4.79 Å². The Bertz CT molecular complexity index is 397. The molecular weight excluding hydrogens is 272 g/mol. The number of urea groups is 1. The summed E-state index contributed by atoms with van der Waals surface area (Å²) in [6, 6.07) is -0.235. The molecule has 2 amide bonds. The Morgan fingerprint density at radius 3 is 2.52 bits per heavy atom. The molecular formula is C15H26N2O4. The van der Waals surface area contributed by atoms with Gasteiger partial charge in [0, 0.05) is 25.2 Å². The topological polar surface area (TPSA) is 89.9 Å². The van der Waals surface area contributed by atoms with Crippen LogP contribution >= 0.6 is 0 Å². The van der Waals surface area contributed by atoms with Crippen molar-refractivity contribution in [3.8, 4) is 0 Å². The molecule has 0 bridgehead atoms. The molecule has 2 aliphatic rings. The van der Waals surface area contributed by atoms with E-state index in [4.69, 9.17) is 5.11 Å². The minimum absolute atomic E-state index is 0.0623. The van der Waals surface area contributed by atoms with Crippen LogP contribution < -0.4 is 5.32 Å². The summed E-state index contributed by atoms with van der Waals surface area (Å²) in [4.78, 5) is 25.7. The van der Waals surface area contributed by atoms with E-state index in [9.17, 15) is 14.7 Å². The van der Waals surface area contributed by atoms with Crippen molar-refractivity contribution in [2.24, 2.45) is 5.41 Å². The minimum atomic E-state index is -0.863. The monoisotopic (exact) mass is 298 g/mol. The number of amides is 2. The van der Waals surface area contributed by atoms with Gasteiger partial charge in [-0.05, 0) is 45.4 Å². The summed E-state index contributed by atoms with van der Waals surface area (Å²) < 4.78 is 0. The van der Waals surface area contributed by atoms with E-state index in [2.05, 4.69) is 5.32 Å². The summed E-state index contributed by atoms with van der Waals surface area (Å²) in [5.74, 6) is -0.837. The van der Waals surface area contributed by atoms with Gasteiger partial charge >= 0.3 is 12.0 Å². The van der Waals surface area contributed by atoms with Crippen LogP contribution in [0.3, 0.4) is 0 Å². The number of carboxylic acids is 1. The maximum atomic E-state index is 12.5. The van der Waals surface area contributed by atoms with Crippen LogP contribution in [0, 0.1) is 5.41 Å². The molecule has 0 spiro atoms. The summed E-state index contributed by atoms with van der Waals surface area (Å²) in [6.07, 6.45) is 5.84. The van der Waals surface area contributed by atoms with Gasteiger partial charge in [0.1, 0.15) is 0 Å². The zero-order valence-electron chi connectivity index (χ0n) is 12.7. The molecule has 120 valence electrons. The molecule has 6 heteroatoms. The van der Waals surface area contributed by atoms with Gasteiger partial charge < -0.3 is 20.4 Å². The molecule has 2 saturated carbocycles. The Morgan fingerprint density at radius 1 is 1.29 bits per heavy atom. The van der Waals surface area contributed by atoms with E-state index in [1.165, 1.54) is 0 Å². The van der Waals surface area contributed by atoms with Gasteiger partial charge in [-0.25, -0.2) is 4.79 Å². The van der Waals surface area contributed by atoms with Gasteiger partial charge in [-0.3, -0.25) is 4.79 Å². The van der Waals surface area contributed by atoms with E-state index >= 15 is 0 Å². The van der Waals surface area contributed by atoms with Gasteiger partial charge in [0.05, 0.1) is 5.41 Å². The molecule has 21 heavy (non-hydrogen) atoms. The highest BCUT2D eigenvalue weighted by molar-refractivity contribution is 5.79. The lowest BCUT2D eigenvalue weighted by molar-refractivity contribution is -0.148. The van der Waals surface area contributed by atoms with Crippen molar-refractivity contribution in [1.29, 1.82) is 0 Å². The molecule has 2 rings (SSSR count). The fraction of sp³-hybridized carbons (Fsp3) is 0.867. The molecule has 0 aromatic rings. The number of hydrogen-bond donors (Lipinski definition) is 3. The Kier molecular flexibility index (Phi) is 5.08. The normalized spacial score (nSPS) is 29.0. The van der Waals surface area contributed by atoms with Crippen molar-refractivity contribution < 1.29 is 19.8 Å². The highest BCUT2D eigenvalue weighted by Crippen LogP contribution is 2.38. The third-order valence-electron chi connectivity index (χ3n) is 5.08. The van der Waals surface area contributed by atoms with Crippen LogP contribution in [-0.4, -0.2) is 52.3 Å². The average Bonchev–Trinajstić information content (AvgIpc) is 2.75. The Labute approximate surface area is 125 Å². The second kappa shape index (κ2) is 6.64. The molecule has 0 aromatic heterocycles. The first-order chi connectivity index (χ1) is 9.99. The van der Waals surface area contributed by atoms with Crippen molar-refractivity contribution in [3.63, 3.8) is 0 Å². The lowest BCUT2D eigenvalue weighted by Gasteiger charge is -2.39. The quantitative estimate of drug-likeness (QED) is 0.694. The number of aliphatic hydroxyl groups excluding tert-OH is 1. The molecule has 0 saturated heterocycles. The summed E-state index contributed by atoms with van der Waals surface area (Å²) >= 11 is 0. The molecule has 0 radical (unpaired) electrons. The van der Waals surface area contributed by atoms with Crippen LogP contribution in [0.4, 0.5) is 4.79 Å². The second-order valence-corrected chi connectivity index (χ2v) is 6.47. The first-order valence-corrected chi connectivity index (χ1v) is 7.90. The standard InChI is InChI=1S/C15H26N2O4/c1-15(13(19)20)8-3-7-12(15)16-14(21)17(9-4-10-18)11-5-2-6-11/h11-12,18H,2-10H2,1H3,(H,16,21)(H,19,20). The van der Waals surface area contributed by atoms with Crippen molar-refractivity contribution in [1.82, 2.24) is 10.2 Å². The van der Waals surface area contributed by atoms with E-state index in [0.29, 0.717) is 25.8 Å². The first kappa shape index (κ1) is 16.1. The van der Waals surface area contributed by atoms with E-state index in [1.807, 2.05) is 0 Å². The number of aliphatic carboxylic acids is 1. The van der Waals surface area contributed by atoms with Gasteiger partial charge in [0.25, 0.3) is 0 Å². The third-order valence-corrected chi connectivity index (χ3v) is 5.08. The maximum Gasteiger partial charge on any atom is 0.317 e. The molecule has 0 heterocycles. The molecule has 2 fully saturated rings. The van der Waals surface area contributed by atoms with Crippen molar-refractivity contribution in [2.75, 3.05) is 13.2 Å². The fourth-order valence-electron chi connectivity index (χ4n) is 3.27. The van der Waals surface area contributed by atoms with Crippen LogP contribution in [0.1, 0.15) is 51.9 Å². The number of rotatable bonds is 6. The number of nitrogens with one attached hydrogen (secondary N) is 1. The molecule has 0 aliphatic heterocycles. The summed E-state index contributed by atoms with van der Waals surface area (Å²) in [6.45, 7) is 2.31. The molecule has 6 nitrogen and oxygen atoms in total. The van der Waals surface area contributed by atoms with Crippen LogP contribution in [0.5, 0.6) is 0 Å². The lowest BCUT2D eigenvalue weighted by atomic mass is 9.85. The van der Waals surface area contributed by atoms with Gasteiger partial charge in [0.15, 0.2) is 0 Å². The Balaban J connectivity index is 1.99. The number of carboxylic acid groups (broad SMARTS) is 1. The summed E-state index contributed by atoms with van der Waals surface area (Å²) in [5.41, 5.74) is -0.863. The highest BCUT2D eigenvalue weighted by Gasteiger charge is 2.46. The Morgan fingerprint density at radius 2 is 2.00 bits per heavy atom. The minimum Gasteiger partial charge on any atom is -0.481 e. The highest BCUT2D eigenvalue weighted by atomic mass is 16.4. The van der Waals surface area contributed by atoms with Crippen LogP contribution in [0.15, 0.2) is 0 Å².